The standard InChI is InChI=1S/C19H24N2O2/c22-13-15-6-8-17(9-7-15)21-19(23)18-12-20-11-16(18)10-14-4-2-1-3-5-14/h1-5,11-12,15,17,20,22H,6-10,13H2,(H,21,23). The fourth-order valence-corrected chi connectivity index (χ4v) is 3.32. The molecule has 1 saturated carbocycles. The van der Waals surface area contributed by atoms with Gasteiger partial charge in [0.1, 0.15) is 0 Å². The predicted octanol–water partition coefficient (Wildman–Crippen LogP) is 2.89. The molecule has 0 aliphatic heterocycles. The molecule has 1 fully saturated rings. The van der Waals surface area contributed by atoms with Crippen LogP contribution in [0.2, 0.25) is 0 Å². The summed E-state index contributed by atoms with van der Waals surface area (Å²) < 4.78 is 0. The average molecular weight is 312 g/mol. The summed E-state index contributed by atoms with van der Waals surface area (Å²) in [4.78, 5) is 15.6. The monoisotopic (exact) mass is 312 g/mol. The van der Waals surface area contributed by atoms with Gasteiger partial charge in [-0.25, -0.2) is 0 Å². The number of hydrogen-bond donors (Lipinski definition) is 3. The molecule has 4 nitrogen and oxygen atoms in total. The normalized spacial score (nSPS) is 21.1. The van der Waals surface area contributed by atoms with Crippen molar-refractivity contribution >= 4 is 5.91 Å². The van der Waals surface area contributed by atoms with Gasteiger partial charge in [-0.1, -0.05) is 30.3 Å². The Morgan fingerprint density at radius 3 is 2.57 bits per heavy atom. The van der Waals surface area contributed by atoms with Gasteiger partial charge in [-0.15, -0.1) is 0 Å². The van der Waals surface area contributed by atoms with Crippen LogP contribution in [-0.2, 0) is 6.42 Å². The molecular formula is C19H24N2O2. The summed E-state index contributed by atoms with van der Waals surface area (Å²) in [6.07, 6.45) is 8.34. The lowest BCUT2D eigenvalue weighted by atomic mass is 9.86. The zero-order valence-corrected chi connectivity index (χ0v) is 13.3. The fraction of sp³-hybridized carbons (Fsp3) is 0.421. The minimum atomic E-state index is 0.00429. The van der Waals surface area contributed by atoms with Crippen LogP contribution >= 0.6 is 0 Å². The van der Waals surface area contributed by atoms with E-state index in [1.807, 2.05) is 24.4 Å². The SMILES string of the molecule is O=C(NC1CCC(CO)CC1)c1c[nH]cc1Cc1ccccc1. The summed E-state index contributed by atoms with van der Waals surface area (Å²) in [5.74, 6) is 0.411. The molecule has 122 valence electrons. The number of aromatic amines is 1. The van der Waals surface area contributed by atoms with E-state index in [0.29, 0.717) is 5.92 Å². The molecule has 0 saturated heterocycles. The smallest absolute Gasteiger partial charge is 0.253 e. The number of carbonyl (C=O) groups excluding carboxylic acids is 1. The minimum absolute atomic E-state index is 0.00429. The van der Waals surface area contributed by atoms with E-state index in [4.69, 9.17) is 0 Å². The van der Waals surface area contributed by atoms with Gasteiger partial charge in [-0.2, -0.15) is 0 Å². The Kier molecular flexibility index (Phi) is 5.13. The van der Waals surface area contributed by atoms with Gasteiger partial charge >= 0.3 is 0 Å². The lowest BCUT2D eigenvalue weighted by molar-refractivity contribution is 0.0913. The summed E-state index contributed by atoms with van der Waals surface area (Å²) in [6, 6.07) is 10.4. The van der Waals surface area contributed by atoms with Crippen LogP contribution in [0.3, 0.4) is 0 Å². The predicted molar refractivity (Wildman–Crippen MR) is 90.3 cm³/mol. The topological polar surface area (TPSA) is 65.1 Å². The van der Waals surface area contributed by atoms with E-state index < -0.39 is 0 Å². The summed E-state index contributed by atoms with van der Waals surface area (Å²) >= 11 is 0. The van der Waals surface area contributed by atoms with Crippen LogP contribution in [0.5, 0.6) is 0 Å². The van der Waals surface area contributed by atoms with Gasteiger partial charge in [-0.3, -0.25) is 4.79 Å². The Morgan fingerprint density at radius 2 is 1.87 bits per heavy atom. The first kappa shape index (κ1) is 15.8. The number of amides is 1. The lowest BCUT2D eigenvalue weighted by Gasteiger charge is -2.28. The van der Waals surface area contributed by atoms with Crippen molar-refractivity contribution < 1.29 is 9.90 Å². The van der Waals surface area contributed by atoms with Crippen LogP contribution < -0.4 is 5.32 Å². The van der Waals surface area contributed by atoms with Crippen molar-refractivity contribution in [2.45, 2.75) is 38.1 Å². The molecule has 1 amide bonds. The molecule has 3 rings (SSSR count). The van der Waals surface area contributed by atoms with Crippen LogP contribution in [0.4, 0.5) is 0 Å². The molecule has 0 bridgehead atoms. The van der Waals surface area contributed by atoms with E-state index in [1.54, 1.807) is 6.20 Å². The van der Waals surface area contributed by atoms with Crippen molar-refractivity contribution in [2.75, 3.05) is 6.61 Å². The van der Waals surface area contributed by atoms with Crippen molar-refractivity contribution in [3.8, 4) is 0 Å². The molecule has 2 aromatic rings. The number of aromatic nitrogens is 1. The highest BCUT2D eigenvalue weighted by Crippen LogP contribution is 2.24. The molecule has 1 aliphatic carbocycles. The number of carbonyl (C=O) groups is 1. The minimum Gasteiger partial charge on any atom is -0.396 e. The Morgan fingerprint density at radius 1 is 1.13 bits per heavy atom. The van der Waals surface area contributed by atoms with Crippen molar-refractivity contribution in [3.05, 3.63) is 59.4 Å². The van der Waals surface area contributed by atoms with Gasteiger partial charge in [0.2, 0.25) is 0 Å². The Balaban J connectivity index is 1.61. The second-order valence-electron chi connectivity index (χ2n) is 6.43. The number of benzene rings is 1. The quantitative estimate of drug-likeness (QED) is 0.795. The molecule has 1 heterocycles. The summed E-state index contributed by atoms with van der Waals surface area (Å²) in [5.41, 5.74) is 2.96. The Hall–Kier alpha value is -2.07. The van der Waals surface area contributed by atoms with Gasteiger partial charge in [0.25, 0.3) is 5.91 Å². The summed E-state index contributed by atoms with van der Waals surface area (Å²) in [5, 5.41) is 12.3. The van der Waals surface area contributed by atoms with Crippen molar-refractivity contribution in [3.63, 3.8) is 0 Å². The summed E-state index contributed by atoms with van der Waals surface area (Å²) in [7, 11) is 0. The molecule has 3 N–H and O–H groups in total. The van der Waals surface area contributed by atoms with Crippen LogP contribution in [0.25, 0.3) is 0 Å². The number of nitrogens with one attached hydrogen (secondary N) is 2. The third kappa shape index (κ3) is 4.02. The highest BCUT2D eigenvalue weighted by molar-refractivity contribution is 5.95. The van der Waals surface area contributed by atoms with Crippen LogP contribution in [0.15, 0.2) is 42.7 Å². The maximum absolute atomic E-state index is 12.6. The Labute approximate surface area is 136 Å². The second kappa shape index (κ2) is 7.47. The van der Waals surface area contributed by atoms with Crippen molar-refractivity contribution in [2.24, 2.45) is 5.92 Å². The first-order chi connectivity index (χ1) is 11.3. The van der Waals surface area contributed by atoms with Crippen LogP contribution in [0, 0.1) is 5.92 Å². The molecule has 0 atom stereocenters. The zero-order valence-electron chi connectivity index (χ0n) is 13.3. The van der Waals surface area contributed by atoms with E-state index in [-0.39, 0.29) is 18.6 Å². The molecule has 0 radical (unpaired) electrons. The molecule has 1 aliphatic rings. The van der Waals surface area contributed by atoms with Crippen LogP contribution in [-0.4, -0.2) is 28.6 Å². The highest BCUT2D eigenvalue weighted by Gasteiger charge is 2.23. The van der Waals surface area contributed by atoms with E-state index in [1.165, 1.54) is 5.56 Å². The van der Waals surface area contributed by atoms with Gasteiger partial charge in [0, 0.05) is 25.0 Å². The Bertz CT molecular complexity index is 628. The van der Waals surface area contributed by atoms with Crippen LogP contribution in [0.1, 0.15) is 47.2 Å². The molecule has 0 unspecified atom stereocenters. The van der Waals surface area contributed by atoms with E-state index in [9.17, 15) is 9.90 Å². The third-order valence-corrected chi connectivity index (χ3v) is 4.75. The van der Waals surface area contributed by atoms with Gasteiger partial charge in [0.05, 0.1) is 5.56 Å². The number of hydrogen-bond acceptors (Lipinski definition) is 2. The maximum atomic E-state index is 12.6. The van der Waals surface area contributed by atoms with Gasteiger partial charge in [0.15, 0.2) is 0 Å². The zero-order chi connectivity index (χ0) is 16.1. The van der Waals surface area contributed by atoms with E-state index in [0.717, 1.165) is 43.2 Å². The molecule has 1 aromatic heterocycles. The average Bonchev–Trinajstić information content (AvgIpc) is 3.05. The maximum Gasteiger partial charge on any atom is 0.253 e. The largest absolute Gasteiger partial charge is 0.396 e. The van der Waals surface area contributed by atoms with E-state index >= 15 is 0 Å². The lowest BCUT2D eigenvalue weighted by Crippen LogP contribution is -2.38. The number of H-pyrrole nitrogens is 1. The summed E-state index contributed by atoms with van der Waals surface area (Å²) in [6.45, 7) is 0.264. The van der Waals surface area contributed by atoms with Gasteiger partial charge < -0.3 is 15.4 Å². The molecule has 0 spiro atoms. The first-order valence-corrected chi connectivity index (χ1v) is 8.37. The third-order valence-electron chi connectivity index (χ3n) is 4.75. The van der Waals surface area contributed by atoms with Crippen molar-refractivity contribution in [1.82, 2.24) is 10.3 Å². The van der Waals surface area contributed by atoms with E-state index in [2.05, 4.69) is 22.4 Å². The highest BCUT2D eigenvalue weighted by atomic mass is 16.3. The number of aliphatic hydroxyl groups is 1. The number of aliphatic hydroxyl groups excluding tert-OH is 1. The first-order valence-electron chi connectivity index (χ1n) is 8.37. The molecule has 23 heavy (non-hydrogen) atoms. The molecule has 4 heteroatoms. The molecular weight excluding hydrogens is 288 g/mol. The second-order valence-corrected chi connectivity index (χ2v) is 6.43. The van der Waals surface area contributed by atoms with Crippen molar-refractivity contribution in [1.29, 1.82) is 0 Å². The fourth-order valence-electron chi connectivity index (χ4n) is 3.32. The van der Waals surface area contributed by atoms with Gasteiger partial charge in [-0.05, 0) is 49.1 Å². The molecule has 1 aromatic carbocycles. The number of rotatable bonds is 5.